The number of fused-ring (bicyclic) bond motifs is 1. The van der Waals surface area contributed by atoms with E-state index in [0.29, 0.717) is 22.3 Å². The molecule has 4 N–H and O–H groups in total. The first kappa shape index (κ1) is 29.4. The number of aromatic amines is 1. The number of halogens is 3. The van der Waals surface area contributed by atoms with Crippen molar-refractivity contribution in [1.29, 1.82) is 0 Å². The van der Waals surface area contributed by atoms with E-state index in [9.17, 15) is 26.4 Å². The van der Waals surface area contributed by atoms with Crippen LogP contribution in [0.1, 0.15) is 27.3 Å². The Kier molecular flexibility index (Phi) is 7.24. The predicted molar refractivity (Wildman–Crippen MR) is 158 cm³/mol. The van der Waals surface area contributed by atoms with E-state index in [-0.39, 0.29) is 39.2 Å². The second-order valence-corrected chi connectivity index (χ2v) is 11.6. The highest BCUT2D eigenvalue weighted by Gasteiger charge is 2.23. The van der Waals surface area contributed by atoms with Crippen molar-refractivity contribution in [3.63, 3.8) is 0 Å². The Hall–Kier alpha value is -5.70. The summed E-state index contributed by atoms with van der Waals surface area (Å²) in [4.78, 5) is 24.4. The number of nitrogen functional groups attached to an aromatic ring is 1. The van der Waals surface area contributed by atoms with Gasteiger partial charge in [0.25, 0.3) is 10.0 Å². The molecule has 0 spiro atoms. The van der Waals surface area contributed by atoms with Gasteiger partial charge in [0.05, 0.1) is 35.0 Å². The molecule has 2 aromatic carbocycles. The summed E-state index contributed by atoms with van der Waals surface area (Å²) in [5.74, 6) is -3.94. The lowest BCUT2D eigenvalue weighted by Crippen LogP contribution is -2.15. The van der Waals surface area contributed by atoms with Crippen LogP contribution in [0.25, 0.3) is 16.6 Å². The van der Waals surface area contributed by atoms with Gasteiger partial charge in [-0.3, -0.25) is 9.52 Å². The normalized spacial score (nSPS) is 11.6. The second kappa shape index (κ2) is 11.1. The lowest BCUT2D eigenvalue weighted by Gasteiger charge is -2.11. The number of carbonyl (C=O) groups excluding carboxylic acids is 1. The van der Waals surface area contributed by atoms with Gasteiger partial charge in [-0.15, -0.1) is 0 Å². The smallest absolute Gasteiger partial charge is 0.279 e. The zero-order valence-electron chi connectivity index (χ0n) is 23.5. The third-order valence-corrected chi connectivity index (χ3v) is 8.07. The number of para-hydroxylation sites is 1. The third-order valence-electron chi connectivity index (χ3n) is 6.80. The molecule has 0 unspecified atom stereocenters. The van der Waals surface area contributed by atoms with Crippen LogP contribution in [0, 0.1) is 31.3 Å². The maximum atomic E-state index is 14.9. The largest absolute Gasteiger partial charge is 0.433 e. The Morgan fingerprint density at radius 1 is 0.978 bits per heavy atom. The van der Waals surface area contributed by atoms with E-state index < -0.39 is 39.0 Å². The lowest BCUT2D eigenvalue weighted by atomic mass is 10.1. The molecule has 228 valence electrons. The third kappa shape index (κ3) is 5.56. The summed E-state index contributed by atoms with van der Waals surface area (Å²) in [7, 11) is -4.19. The average molecular weight is 634 g/mol. The molecule has 6 rings (SSSR count). The van der Waals surface area contributed by atoms with E-state index in [1.165, 1.54) is 53.5 Å². The number of hydrogen-bond donors (Lipinski definition) is 3. The molecular formula is C30H22F3N7O4S. The fourth-order valence-electron chi connectivity index (χ4n) is 4.57. The first-order valence-corrected chi connectivity index (χ1v) is 14.7. The van der Waals surface area contributed by atoms with Crippen LogP contribution in [0.3, 0.4) is 0 Å². The number of pyridine rings is 2. The van der Waals surface area contributed by atoms with Crippen LogP contribution in [0.4, 0.5) is 24.7 Å². The Balaban J connectivity index is 1.26. The molecule has 6 aromatic rings. The molecule has 0 aliphatic rings. The van der Waals surface area contributed by atoms with Crippen molar-refractivity contribution in [1.82, 2.24) is 24.7 Å². The number of rotatable bonds is 8. The minimum absolute atomic E-state index is 0.0154. The first-order valence-electron chi connectivity index (χ1n) is 13.2. The summed E-state index contributed by atoms with van der Waals surface area (Å²) in [5, 5.41) is 4.24. The number of nitrogens with zero attached hydrogens (tertiary/aromatic N) is 4. The number of aryl methyl sites for hydroxylation is 2. The Bertz CT molecular complexity index is 2230. The highest BCUT2D eigenvalue weighted by Crippen LogP contribution is 2.30. The molecule has 11 nitrogen and oxygen atoms in total. The maximum Gasteiger partial charge on any atom is 0.279 e. The molecule has 45 heavy (non-hydrogen) atoms. The topological polar surface area (TPSA) is 158 Å². The van der Waals surface area contributed by atoms with E-state index in [1.54, 1.807) is 19.9 Å². The highest BCUT2D eigenvalue weighted by molar-refractivity contribution is 7.92. The Morgan fingerprint density at radius 2 is 1.71 bits per heavy atom. The second-order valence-electron chi connectivity index (χ2n) is 9.97. The zero-order chi connectivity index (χ0) is 32.0. The zero-order valence-corrected chi connectivity index (χ0v) is 24.3. The van der Waals surface area contributed by atoms with Crippen molar-refractivity contribution < 1.29 is 31.1 Å². The highest BCUT2D eigenvalue weighted by atomic mass is 32.2. The summed E-state index contributed by atoms with van der Waals surface area (Å²) < 4.78 is 77.2. The van der Waals surface area contributed by atoms with Gasteiger partial charge in [0.1, 0.15) is 11.6 Å². The molecule has 0 radical (unpaired) electrons. The van der Waals surface area contributed by atoms with Gasteiger partial charge >= 0.3 is 0 Å². The van der Waals surface area contributed by atoms with Crippen molar-refractivity contribution in [2.24, 2.45) is 0 Å². The number of hydrogen-bond acceptors (Lipinski definition) is 8. The van der Waals surface area contributed by atoms with Crippen molar-refractivity contribution in [3.05, 3.63) is 113 Å². The van der Waals surface area contributed by atoms with Crippen LogP contribution in [-0.4, -0.2) is 38.9 Å². The summed E-state index contributed by atoms with van der Waals surface area (Å²) in [6.45, 7) is 3.29. The van der Waals surface area contributed by atoms with E-state index in [1.807, 2.05) is 0 Å². The molecule has 0 aliphatic carbocycles. The number of nitrogens with one attached hydrogen (secondary N) is 2. The van der Waals surface area contributed by atoms with Crippen molar-refractivity contribution in [2.45, 2.75) is 18.9 Å². The number of benzene rings is 2. The van der Waals surface area contributed by atoms with Gasteiger partial charge in [-0.25, -0.2) is 27.8 Å². The average Bonchev–Trinajstić information content (AvgIpc) is 3.58. The molecule has 0 amide bonds. The van der Waals surface area contributed by atoms with Gasteiger partial charge in [-0.2, -0.15) is 13.5 Å². The first-order chi connectivity index (χ1) is 21.4. The SMILES string of the molecule is Cc1cccc(S(=O)(=O)Nc2cc3[nH]c(C(=O)c4cnn(-c5cnc(Oc6c(F)cccc6F)cc5C)c4N)cc3cc2F)n1. The van der Waals surface area contributed by atoms with E-state index in [4.69, 9.17) is 10.5 Å². The van der Waals surface area contributed by atoms with Crippen LogP contribution in [0.15, 0.2) is 78.1 Å². The van der Waals surface area contributed by atoms with Gasteiger partial charge < -0.3 is 15.5 Å². The van der Waals surface area contributed by atoms with Gasteiger partial charge in [-0.05, 0) is 61.9 Å². The Morgan fingerprint density at radius 3 is 2.42 bits per heavy atom. The van der Waals surface area contributed by atoms with Gasteiger partial charge in [0, 0.05) is 22.7 Å². The molecule has 4 aromatic heterocycles. The van der Waals surface area contributed by atoms with E-state index in [2.05, 4.69) is 24.8 Å². The summed E-state index contributed by atoms with van der Waals surface area (Å²) in [6, 6.07) is 12.9. The van der Waals surface area contributed by atoms with Crippen LogP contribution in [0.5, 0.6) is 11.6 Å². The molecule has 0 atom stereocenters. The van der Waals surface area contributed by atoms with Crippen LogP contribution < -0.4 is 15.2 Å². The van der Waals surface area contributed by atoms with Gasteiger partial charge in [0.15, 0.2) is 16.7 Å². The summed E-state index contributed by atoms with van der Waals surface area (Å²) in [6.07, 6.45) is 2.57. The van der Waals surface area contributed by atoms with Crippen LogP contribution in [0.2, 0.25) is 0 Å². The number of nitrogens with two attached hydrogens (primary N) is 1. The molecule has 4 heterocycles. The number of carbonyl (C=O) groups is 1. The molecule has 0 bridgehead atoms. The molecule has 0 aliphatic heterocycles. The standard InChI is InChI=1S/C30H22F3N7O4S/c1-15-9-26(44-29-19(31)6-4-7-20(29)32)35-14-25(15)40-30(34)18(13-36-40)28(41)24-11-17-10-21(33)23(12-22(17)38-24)39-45(42,43)27-8-3-5-16(2)37-27/h3-14,38-39H,34H2,1-2H3. The number of H-pyrrole nitrogens is 1. The fraction of sp³-hybridized carbons (Fsp3) is 0.0667. The number of anilines is 2. The summed E-state index contributed by atoms with van der Waals surface area (Å²) >= 11 is 0. The minimum atomic E-state index is -4.19. The number of sulfonamides is 1. The number of ketones is 1. The van der Waals surface area contributed by atoms with Crippen molar-refractivity contribution >= 4 is 38.2 Å². The molecule has 0 saturated carbocycles. The quantitative estimate of drug-likeness (QED) is 0.183. The van der Waals surface area contributed by atoms with Gasteiger partial charge in [-0.1, -0.05) is 12.1 Å². The molecule has 0 saturated heterocycles. The van der Waals surface area contributed by atoms with Crippen molar-refractivity contribution in [3.8, 4) is 17.3 Å². The lowest BCUT2D eigenvalue weighted by molar-refractivity contribution is 0.103. The monoisotopic (exact) mass is 633 g/mol. The van der Waals surface area contributed by atoms with Crippen LogP contribution in [-0.2, 0) is 10.0 Å². The van der Waals surface area contributed by atoms with Crippen molar-refractivity contribution in [2.75, 3.05) is 10.5 Å². The molecule has 0 fully saturated rings. The van der Waals surface area contributed by atoms with Crippen LogP contribution >= 0.6 is 0 Å². The molecule has 15 heteroatoms. The van der Waals surface area contributed by atoms with E-state index >= 15 is 0 Å². The number of ether oxygens (including phenoxy) is 1. The fourth-order valence-corrected chi connectivity index (χ4v) is 5.65. The predicted octanol–water partition coefficient (Wildman–Crippen LogP) is 5.58. The minimum Gasteiger partial charge on any atom is -0.433 e. The summed E-state index contributed by atoms with van der Waals surface area (Å²) in [5.41, 5.74) is 7.64. The molecular weight excluding hydrogens is 611 g/mol. The Labute approximate surface area is 253 Å². The maximum absolute atomic E-state index is 14.9. The number of aromatic nitrogens is 5. The van der Waals surface area contributed by atoms with Gasteiger partial charge in [0.2, 0.25) is 17.4 Å². The van der Waals surface area contributed by atoms with E-state index in [0.717, 1.165) is 18.2 Å².